The summed E-state index contributed by atoms with van der Waals surface area (Å²) in [5.41, 5.74) is 0.960. The van der Waals surface area contributed by atoms with Crippen LogP contribution in [0.3, 0.4) is 0 Å². The van der Waals surface area contributed by atoms with Crippen molar-refractivity contribution in [3.63, 3.8) is 0 Å². The van der Waals surface area contributed by atoms with E-state index in [9.17, 15) is 9.59 Å². The van der Waals surface area contributed by atoms with Crippen molar-refractivity contribution < 1.29 is 14.3 Å². The second-order valence-electron chi connectivity index (χ2n) is 5.52. The summed E-state index contributed by atoms with van der Waals surface area (Å²) in [6.45, 7) is 5.30. The number of fused-ring (bicyclic) bond motifs is 1. The van der Waals surface area contributed by atoms with E-state index >= 15 is 0 Å². The first-order chi connectivity index (χ1) is 9.26. The minimum absolute atomic E-state index is 0.263. The van der Waals surface area contributed by atoms with Crippen LogP contribution in [0.25, 0.3) is 0 Å². The van der Waals surface area contributed by atoms with Crippen molar-refractivity contribution in [3.05, 3.63) is 22.4 Å². The van der Waals surface area contributed by atoms with E-state index in [1.165, 1.54) is 0 Å². The summed E-state index contributed by atoms with van der Waals surface area (Å²) in [5, 5.41) is 5.31. The van der Waals surface area contributed by atoms with E-state index in [1.54, 1.807) is 33.0 Å². The molecule has 7 heteroatoms. The number of anilines is 1. The van der Waals surface area contributed by atoms with Crippen LogP contribution in [0.1, 0.15) is 26.3 Å². The summed E-state index contributed by atoms with van der Waals surface area (Å²) >= 11 is 3.34. The van der Waals surface area contributed by atoms with Crippen LogP contribution in [-0.4, -0.2) is 28.6 Å². The molecular weight excluding hydrogens is 326 g/mol. The van der Waals surface area contributed by atoms with Crippen LogP contribution in [0.4, 0.5) is 10.5 Å². The molecule has 0 saturated carbocycles. The van der Waals surface area contributed by atoms with Gasteiger partial charge in [-0.15, -0.1) is 0 Å². The van der Waals surface area contributed by atoms with Gasteiger partial charge in [-0.25, -0.2) is 9.78 Å². The number of alkyl carbamates (subject to hydrolysis) is 1. The third kappa shape index (κ3) is 3.47. The number of ether oxygens (including phenoxy) is 1. The Bertz CT molecular complexity index is 554. The van der Waals surface area contributed by atoms with Crippen LogP contribution in [0.5, 0.6) is 0 Å². The first-order valence-corrected chi connectivity index (χ1v) is 6.99. The second-order valence-corrected chi connectivity index (χ2v) is 6.27. The summed E-state index contributed by atoms with van der Waals surface area (Å²) in [6, 6.07) is 1.06. The Morgan fingerprint density at radius 1 is 1.55 bits per heavy atom. The maximum absolute atomic E-state index is 12.0. The molecule has 1 aromatic rings. The van der Waals surface area contributed by atoms with Gasteiger partial charge in [-0.1, -0.05) is 0 Å². The van der Waals surface area contributed by atoms with E-state index in [-0.39, 0.29) is 5.91 Å². The maximum atomic E-state index is 12.0. The lowest BCUT2D eigenvalue weighted by atomic mass is 10.0. The van der Waals surface area contributed by atoms with E-state index in [0.717, 1.165) is 5.56 Å². The number of amides is 2. The molecule has 6 nitrogen and oxygen atoms in total. The number of hydrogen-bond acceptors (Lipinski definition) is 4. The molecule has 2 rings (SSSR count). The van der Waals surface area contributed by atoms with Crippen molar-refractivity contribution in [1.82, 2.24) is 10.3 Å². The second kappa shape index (κ2) is 5.40. The van der Waals surface area contributed by atoms with Gasteiger partial charge in [-0.05, 0) is 42.8 Å². The number of pyridine rings is 1. The van der Waals surface area contributed by atoms with E-state index in [4.69, 9.17) is 4.74 Å². The van der Waals surface area contributed by atoms with Crippen LogP contribution >= 0.6 is 15.9 Å². The molecule has 20 heavy (non-hydrogen) atoms. The number of nitrogens with zero attached hydrogens (tertiary/aromatic N) is 1. The predicted molar refractivity (Wildman–Crippen MR) is 77.4 cm³/mol. The summed E-state index contributed by atoms with van der Waals surface area (Å²) < 4.78 is 5.81. The van der Waals surface area contributed by atoms with E-state index in [2.05, 4.69) is 31.5 Å². The SMILES string of the molecule is CC(C)(C)OC(=O)NC1Cc2c(ccnc2Br)NC1=O. The van der Waals surface area contributed by atoms with Crippen molar-refractivity contribution in [2.24, 2.45) is 0 Å². The highest BCUT2D eigenvalue weighted by molar-refractivity contribution is 9.10. The lowest BCUT2D eigenvalue weighted by molar-refractivity contribution is -0.118. The summed E-state index contributed by atoms with van der Waals surface area (Å²) in [6.07, 6.45) is 1.36. The number of carbonyl (C=O) groups is 2. The zero-order valence-corrected chi connectivity index (χ0v) is 13.1. The third-order valence-corrected chi connectivity index (χ3v) is 3.36. The molecule has 0 aromatic carbocycles. The molecule has 2 heterocycles. The topological polar surface area (TPSA) is 80.3 Å². The van der Waals surface area contributed by atoms with Gasteiger partial charge in [0, 0.05) is 23.9 Å². The lowest BCUT2D eigenvalue weighted by Gasteiger charge is -2.27. The van der Waals surface area contributed by atoms with Crippen LogP contribution < -0.4 is 10.6 Å². The van der Waals surface area contributed by atoms with Crippen molar-refractivity contribution in [3.8, 4) is 0 Å². The Morgan fingerprint density at radius 3 is 2.90 bits per heavy atom. The van der Waals surface area contributed by atoms with E-state index in [1.807, 2.05) is 0 Å². The molecule has 108 valence electrons. The number of hydrogen-bond donors (Lipinski definition) is 2. The van der Waals surface area contributed by atoms with Crippen molar-refractivity contribution in [1.29, 1.82) is 0 Å². The molecule has 1 aromatic heterocycles. The smallest absolute Gasteiger partial charge is 0.408 e. The standard InChI is InChI=1S/C13H16BrN3O3/c1-13(2,3)20-12(19)17-9-6-7-8(16-11(9)18)4-5-15-10(7)14/h4-5,9H,6H2,1-3H3,(H,16,18)(H,17,19). The number of aromatic nitrogens is 1. The molecule has 0 radical (unpaired) electrons. The first kappa shape index (κ1) is 14.8. The fourth-order valence-electron chi connectivity index (χ4n) is 1.86. The molecular formula is C13H16BrN3O3. The van der Waals surface area contributed by atoms with Crippen LogP contribution in [0.15, 0.2) is 16.9 Å². The zero-order valence-electron chi connectivity index (χ0n) is 11.5. The van der Waals surface area contributed by atoms with Crippen molar-refractivity contribution in [2.45, 2.75) is 38.8 Å². The Hall–Kier alpha value is -1.63. The lowest BCUT2D eigenvalue weighted by Crippen LogP contribution is -2.49. The monoisotopic (exact) mass is 341 g/mol. The van der Waals surface area contributed by atoms with Gasteiger partial charge in [0.2, 0.25) is 5.91 Å². The summed E-state index contributed by atoms with van der Waals surface area (Å²) in [4.78, 5) is 27.8. The van der Waals surface area contributed by atoms with Crippen LogP contribution in [0.2, 0.25) is 0 Å². The molecule has 1 aliphatic rings. The molecule has 0 bridgehead atoms. The van der Waals surface area contributed by atoms with Gasteiger partial charge >= 0.3 is 6.09 Å². The van der Waals surface area contributed by atoms with Gasteiger partial charge in [0.15, 0.2) is 0 Å². The quantitative estimate of drug-likeness (QED) is 0.767. The molecule has 2 amide bonds. The van der Waals surface area contributed by atoms with Crippen molar-refractivity contribution >= 4 is 33.6 Å². The molecule has 0 fully saturated rings. The summed E-state index contributed by atoms with van der Waals surface area (Å²) in [5.74, 6) is -0.263. The van der Waals surface area contributed by atoms with Gasteiger partial charge in [-0.3, -0.25) is 4.79 Å². The summed E-state index contributed by atoms with van der Waals surface area (Å²) in [7, 11) is 0. The van der Waals surface area contributed by atoms with Crippen LogP contribution in [-0.2, 0) is 16.0 Å². The molecule has 0 aliphatic carbocycles. The highest BCUT2D eigenvalue weighted by atomic mass is 79.9. The average Bonchev–Trinajstić information content (AvgIpc) is 2.29. The zero-order chi connectivity index (χ0) is 14.9. The molecule has 1 aliphatic heterocycles. The minimum atomic E-state index is -0.669. The van der Waals surface area contributed by atoms with Gasteiger partial charge in [0.1, 0.15) is 16.2 Å². The average molecular weight is 342 g/mol. The normalized spacial score (nSPS) is 18.0. The number of halogens is 1. The number of nitrogens with one attached hydrogen (secondary N) is 2. The van der Waals surface area contributed by atoms with E-state index < -0.39 is 17.7 Å². The largest absolute Gasteiger partial charge is 0.444 e. The van der Waals surface area contributed by atoms with Gasteiger partial charge < -0.3 is 15.4 Å². The number of rotatable bonds is 1. The third-order valence-electron chi connectivity index (χ3n) is 2.68. The van der Waals surface area contributed by atoms with Crippen molar-refractivity contribution in [2.75, 3.05) is 5.32 Å². The highest BCUT2D eigenvalue weighted by Crippen LogP contribution is 2.27. The molecule has 0 spiro atoms. The fraction of sp³-hybridized carbons (Fsp3) is 0.462. The Morgan fingerprint density at radius 2 is 2.25 bits per heavy atom. The predicted octanol–water partition coefficient (Wildman–Crippen LogP) is 2.23. The Kier molecular flexibility index (Phi) is 3.99. The Labute approximate surface area is 125 Å². The molecule has 1 atom stereocenters. The van der Waals surface area contributed by atoms with Crippen LogP contribution in [0, 0.1) is 0 Å². The van der Waals surface area contributed by atoms with Gasteiger partial charge in [0.25, 0.3) is 0 Å². The van der Waals surface area contributed by atoms with Gasteiger partial charge in [0.05, 0.1) is 0 Å². The Balaban J connectivity index is 2.10. The molecule has 0 saturated heterocycles. The first-order valence-electron chi connectivity index (χ1n) is 6.20. The maximum Gasteiger partial charge on any atom is 0.408 e. The molecule has 1 unspecified atom stereocenters. The van der Waals surface area contributed by atoms with E-state index in [0.29, 0.717) is 16.7 Å². The number of carbonyl (C=O) groups excluding carboxylic acids is 2. The molecule has 2 N–H and O–H groups in total. The fourth-order valence-corrected chi connectivity index (χ4v) is 2.35. The van der Waals surface area contributed by atoms with Gasteiger partial charge in [-0.2, -0.15) is 0 Å². The highest BCUT2D eigenvalue weighted by Gasteiger charge is 2.30. The minimum Gasteiger partial charge on any atom is -0.444 e.